The van der Waals surface area contributed by atoms with Crippen LogP contribution in [0.15, 0.2) is 34.2 Å². The highest BCUT2D eigenvalue weighted by Gasteiger charge is 2.17. The molecule has 0 unspecified atom stereocenters. The molecule has 3 rings (SSSR count). The van der Waals surface area contributed by atoms with E-state index in [9.17, 15) is 9.59 Å². The van der Waals surface area contributed by atoms with Gasteiger partial charge in [-0.3, -0.25) is 18.6 Å². The Morgan fingerprint density at radius 3 is 2.77 bits per heavy atom. The molecule has 0 aliphatic heterocycles. The topological polar surface area (TPSA) is 81.3 Å². The molecule has 2 aromatic heterocycles. The second kappa shape index (κ2) is 7.90. The number of carbonyl (C=O) groups is 1. The second-order valence-electron chi connectivity index (χ2n) is 6.58. The number of nitrogens with one attached hydrogen (secondary N) is 1. The number of benzene rings is 1. The Labute approximate surface area is 155 Å². The fourth-order valence-electron chi connectivity index (χ4n) is 2.75. The van der Waals surface area contributed by atoms with E-state index in [0.29, 0.717) is 35.3 Å². The predicted molar refractivity (Wildman–Crippen MR) is 104 cm³/mol. The van der Waals surface area contributed by atoms with Crippen LogP contribution in [0.2, 0.25) is 0 Å². The molecule has 2 heterocycles. The summed E-state index contributed by atoms with van der Waals surface area (Å²) in [4.78, 5) is 24.8. The van der Waals surface area contributed by atoms with E-state index in [1.807, 2.05) is 35.6 Å². The van der Waals surface area contributed by atoms with Crippen molar-refractivity contribution in [1.29, 1.82) is 0 Å². The molecule has 26 heavy (non-hydrogen) atoms. The molecule has 1 amide bonds. The Bertz CT molecular complexity index is 992. The van der Waals surface area contributed by atoms with Crippen LogP contribution in [0.4, 0.5) is 0 Å². The standard InChI is InChI=1S/C18H23N5O2S/c1-4-9-22-16(25)13-7-5-6-8-14(13)23-17(22)20-21-18(23)26-11-15(24)19-10-12(2)3/h5-8,12H,4,9-11H2,1-3H3,(H,19,24). The maximum Gasteiger partial charge on any atom is 0.262 e. The van der Waals surface area contributed by atoms with Crippen molar-refractivity contribution in [2.45, 2.75) is 38.9 Å². The maximum atomic E-state index is 12.8. The van der Waals surface area contributed by atoms with Crippen molar-refractivity contribution in [3.8, 4) is 0 Å². The third kappa shape index (κ3) is 3.60. The lowest BCUT2D eigenvalue weighted by Gasteiger charge is -2.10. The van der Waals surface area contributed by atoms with Gasteiger partial charge in [0.25, 0.3) is 5.56 Å². The first-order valence-corrected chi connectivity index (χ1v) is 9.77. The molecule has 0 aliphatic rings. The van der Waals surface area contributed by atoms with Gasteiger partial charge >= 0.3 is 0 Å². The third-order valence-electron chi connectivity index (χ3n) is 3.97. The SMILES string of the molecule is CCCn1c(=O)c2ccccc2n2c(SCC(=O)NCC(C)C)nnc12. The number of rotatable bonds is 7. The largest absolute Gasteiger partial charge is 0.355 e. The zero-order valence-corrected chi connectivity index (χ0v) is 16.0. The average molecular weight is 373 g/mol. The molecule has 0 bridgehead atoms. The smallest absolute Gasteiger partial charge is 0.262 e. The Kier molecular flexibility index (Phi) is 5.61. The number of fused-ring (bicyclic) bond motifs is 3. The number of carbonyl (C=O) groups excluding carboxylic acids is 1. The minimum atomic E-state index is -0.0615. The Balaban J connectivity index is 2.00. The van der Waals surface area contributed by atoms with Crippen LogP contribution in [0.3, 0.4) is 0 Å². The fraction of sp³-hybridized carbons (Fsp3) is 0.444. The summed E-state index contributed by atoms with van der Waals surface area (Å²) in [6.45, 7) is 7.35. The van der Waals surface area contributed by atoms with E-state index in [-0.39, 0.29) is 17.2 Å². The molecule has 1 aromatic carbocycles. The van der Waals surface area contributed by atoms with E-state index in [1.165, 1.54) is 11.8 Å². The number of amides is 1. The van der Waals surface area contributed by atoms with Crippen molar-refractivity contribution in [2.75, 3.05) is 12.3 Å². The highest BCUT2D eigenvalue weighted by atomic mass is 32.2. The molecule has 3 aromatic rings. The lowest BCUT2D eigenvalue weighted by molar-refractivity contribution is -0.118. The van der Waals surface area contributed by atoms with E-state index >= 15 is 0 Å². The van der Waals surface area contributed by atoms with E-state index < -0.39 is 0 Å². The van der Waals surface area contributed by atoms with E-state index in [2.05, 4.69) is 29.4 Å². The van der Waals surface area contributed by atoms with Gasteiger partial charge in [0.05, 0.1) is 16.7 Å². The molecule has 0 fully saturated rings. The van der Waals surface area contributed by atoms with Gasteiger partial charge in [-0.15, -0.1) is 10.2 Å². The van der Waals surface area contributed by atoms with Crippen LogP contribution in [-0.2, 0) is 11.3 Å². The molecule has 8 heteroatoms. The highest BCUT2D eigenvalue weighted by Crippen LogP contribution is 2.21. The first-order valence-electron chi connectivity index (χ1n) is 8.79. The molecule has 0 spiro atoms. The van der Waals surface area contributed by atoms with Crippen molar-refractivity contribution in [2.24, 2.45) is 5.92 Å². The fourth-order valence-corrected chi connectivity index (χ4v) is 3.52. The second-order valence-corrected chi connectivity index (χ2v) is 7.52. The van der Waals surface area contributed by atoms with Crippen LogP contribution in [0, 0.1) is 5.92 Å². The number of hydrogen-bond donors (Lipinski definition) is 1. The van der Waals surface area contributed by atoms with Crippen LogP contribution in [-0.4, -0.2) is 37.4 Å². The summed E-state index contributed by atoms with van der Waals surface area (Å²) in [6, 6.07) is 7.43. The summed E-state index contributed by atoms with van der Waals surface area (Å²) < 4.78 is 3.52. The summed E-state index contributed by atoms with van der Waals surface area (Å²) >= 11 is 1.33. The van der Waals surface area contributed by atoms with Crippen LogP contribution >= 0.6 is 11.8 Å². The van der Waals surface area contributed by atoms with Gasteiger partial charge in [0, 0.05) is 13.1 Å². The number of aryl methyl sites for hydroxylation is 1. The quantitative estimate of drug-likeness (QED) is 0.643. The molecule has 7 nitrogen and oxygen atoms in total. The predicted octanol–water partition coefficient (Wildman–Crippen LogP) is 2.32. The zero-order chi connectivity index (χ0) is 18.7. The number of para-hydroxylation sites is 1. The third-order valence-corrected chi connectivity index (χ3v) is 4.89. The van der Waals surface area contributed by atoms with Gasteiger partial charge in [0.15, 0.2) is 5.16 Å². The minimum Gasteiger partial charge on any atom is -0.355 e. The van der Waals surface area contributed by atoms with Gasteiger partial charge in [0.2, 0.25) is 11.7 Å². The zero-order valence-electron chi connectivity index (χ0n) is 15.2. The van der Waals surface area contributed by atoms with Crippen molar-refractivity contribution in [1.82, 2.24) is 24.5 Å². The lowest BCUT2D eigenvalue weighted by atomic mass is 10.2. The molecule has 0 atom stereocenters. The van der Waals surface area contributed by atoms with Gasteiger partial charge in [-0.05, 0) is 24.5 Å². The van der Waals surface area contributed by atoms with Crippen LogP contribution < -0.4 is 10.9 Å². The molecule has 0 saturated carbocycles. The van der Waals surface area contributed by atoms with E-state index in [1.54, 1.807) is 4.57 Å². The summed E-state index contributed by atoms with van der Waals surface area (Å²) in [5.41, 5.74) is 0.698. The van der Waals surface area contributed by atoms with Gasteiger partial charge < -0.3 is 5.32 Å². The molecule has 1 N–H and O–H groups in total. The molecular formula is C18H23N5O2S. The van der Waals surface area contributed by atoms with Crippen LogP contribution in [0.1, 0.15) is 27.2 Å². The van der Waals surface area contributed by atoms with Gasteiger partial charge in [-0.1, -0.05) is 44.7 Å². The van der Waals surface area contributed by atoms with E-state index in [0.717, 1.165) is 11.9 Å². The monoisotopic (exact) mass is 373 g/mol. The minimum absolute atomic E-state index is 0.0355. The van der Waals surface area contributed by atoms with Crippen molar-refractivity contribution in [3.63, 3.8) is 0 Å². The number of hydrogen-bond acceptors (Lipinski definition) is 5. The Hall–Kier alpha value is -2.35. The normalized spacial score (nSPS) is 11.5. The average Bonchev–Trinajstić information content (AvgIpc) is 3.05. The van der Waals surface area contributed by atoms with Crippen molar-refractivity contribution >= 4 is 34.3 Å². The number of aromatic nitrogens is 4. The Morgan fingerprint density at radius 1 is 1.27 bits per heavy atom. The summed E-state index contributed by atoms with van der Waals surface area (Å²) in [6.07, 6.45) is 0.820. The summed E-state index contributed by atoms with van der Waals surface area (Å²) in [5.74, 6) is 1.15. The van der Waals surface area contributed by atoms with Crippen LogP contribution in [0.5, 0.6) is 0 Å². The van der Waals surface area contributed by atoms with Gasteiger partial charge in [-0.25, -0.2) is 0 Å². The van der Waals surface area contributed by atoms with Crippen molar-refractivity contribution in [3.05, 3.63) is 34.6 Å². The lowest BCUT2D eigenvalue weighted by Crippen LogP contribution is -2.28. The number of nitrogens with zero attached hydrogens (tertiary/aromatic N) is 4. The summed E-state index contributed by atoms with van der Waals surface area (Å²) in [5, 5.41) is 12.6. The Morgan fingerprint density at radius 2 is 2.04 bits per heavy atom. The molecular weight excluding hydrogens is 350 g/mol. The number of thioether (sulfide) groups is 1. The first-order chi connectivity index (χ1) is 12.5. The molecule has 0 radical (unpaired) electrons. The molecule has 0 saturated heterocycles. The molecule has 0 aliphatic carbocycles. The first kappa shape index (κ1) is 18.4. The maximum absolute atomic E-state index is 12.8. The highest BCUT2D eigenvalue weighted by molar-refractivity contribution is 7.99. The van der Waals surface area contributed by atoms with Crippen LogP contribution in [0.25, 0.3) is 16.7 Å². The van der Waals surface area contributed by atoms with E-state index in [4.69, 9.17) is 0 Å². The van der Waals surface area contributed by atoms with Crippen molar-refractivity contribution < 1.29 is 4.79 Å². The molecule has 138 valence electrons. The van der Waals surface area contributed by atoms with Gasteiger partial charge in [-0.2, -0.15) is 0 Å². The van der Waals surface area contributed by atoms with Gasteiger partial charge in [0.1, 0.15) is 0 Å². The summed E-state index contributed by atoms with van der Waals surface area (Å²) in [7, 11) is 0.